The zero-order valence-electron chi connectivity index (χ0n) is 21.0. The molecule has 0 fully saturated rings. The topological polar surface area (TPSA) is 94.0 Å². The Labute approximate surface area is 237 Å². The van der Waals surface area contributed by atoms with E-state index in [1.807, 2.05) is 0 Å². The molecule has 0 bridgehead atoms. The van der Waals surface area contributed by atoms with E-state index >= 15 is 0 Å². The average molecular weight is 607 g/mol. The van der Waals surface area contributed by atoms with Gasteiger partial charge < -0.3 is 9.63 Å². The van der Waals surface area contributed by atoms with Gasteiger partial charge >= 0.3 is 12.4 Å². The van der Waals surface area contributed by atoms with Crippen molar-refractivity contribution < 1.29 is 40.8 Å². The molecule has 0 unspecified atom stereocenters. The Morgan fingerprint density at radius 1 is 0.905 bits per heavy atom. The zero-order chi connectivity index (χ0) is 30.2. The molecule has 0 saturated carbocycles. The van der Waals surface area contributed by atoms with E-state index in [1.165, 1.54) is 12.1 Å². The largest absolute Gasteiger partial charge is 0.416 e. The van der Waals surface area contributed by atoms with Gasteiger partial charge in [-0.2, -0.15) is 26.3 Å². The Kier molecular flexibility index (Phi) is 7.64. The van der Waals surface area contributed by atoms with Crippen LogP contribution in [0.4, 0.5) is 26.3 Å². The highest BCUT2D eigenvalue weighted by atomic mass is 35.5. The van der Waals surface area contributed by atoms with Crippen molar-refractivity contribution in [3.8, 4) is 22.7 Å². The van der Waals surface area contributed by atoms with Gasteiger partial charge in [-0.3, -0.25) is 4.79 Å². The maximum Gasteiger partial charge on any atom is 0.416 e. The first-order valence-corrected chi connectivity index (χ1v) is 12.4. The van der Waals surface area contributed by atoms with Crippen LogP contribution in [0, 0.1) is 0 Å². The summed E-state index contributed by atoms with van der Waals surface area (Å²) in [4.78, 5) is 13.5. The van der Waals surface area contributed by atoms with Crippen molar-refractivity contribution in [1.29, 1.82) is 0 Å². The number of carbonyl (C=O) groups is 1. The number of nitrogens with zero attached hydrogens (tertiary/aromatic N) is 4. The minimum Gasteiger partial charge on any atom is -0.390 e. The van der Waals surface area contributed by atoms with Crippen molar-refractivity contribution in [2.45, 2.75) is 25.5 Å². The van der Waals surface area contributed by atoms with Crippen LogP contribution in [0.25, 0.3) is 22.7 Å². The van der Waals surface area contributed by atoms with Crippen LogP contribution in [0.1, 0.15) is 38.3 Å². The van der Waals surface area contributed by atoms with Crippen LogP contribution in [0.2, 0.25) is 5.02 Å². The van der Waals surface area contributed by atoms with Crippen LogP contribution < -0.4 is 0 Å². The third kappa shape index (κ3) is 5.65. The van der Waals surface area contributed by atoms with Gasteiger partial charge in [0.15, 0.2) is 5.69 Å². The number of rotatable bonds is 7. The van der Waals surface area contributed by atoms with E-state index in [9.17, 15) is 36.2 Å². The van der Waals surface area contributed by atoms with Crippen molar-refractivity contribution in [2.24, 2.45) is 0 Å². The quantitative estimate of drug-likeness (QED) is 0.157. The Morgan fingerprint density at radius 2 is 1.52 bits per heavy atom. The molecule has 216 valence electrons. The second kappa shape index (κ2) is 11.1. The van der Waals surface area contributed by atoms with Crippen LogP contribution in [0.3, 0.4) is 0 Å². The summed E-state index contributed by atoms with van der Waals surface area (Å²) in [6, 6.07) is 15.5. The fourth-order valence-electron chi connectivity index (χ4n) is 4.35. The summed E-state index contributed by atoms with van der Waals surface area (Å²) in [7, 11) is 0. The van der Waals surface area contributed by atoms with Gasteiger partial charge in [-0.25, -0.2) is 4.68 Å². The van der Waals surface area contributed by atoms with E-state index in [2.05, 4.69) is 15.5 Å². The maximum atomic E-state index is 13.5. The smallest absolute Gasteiger partial charge is 0.390 e. The van der Waals surface area contributed by atoms with Crippen molar-refractivity contribution >= 4 is 17.4 Å². The van der Waals surface area contributed by atoms with Gasteiger partial charge in [0.25, 0.3) is 0 Å². The predicted molar refractivity (Wildman–Crippen MR) is 137 cm³/mol. The molecule has 0 aliphatic rings. The molecule has 0 atom stereocenters. The highest BCUT2D eigenvalue weighted by Gasteiger charge is 2.37. The average Bonchev–Trinajstić information content (AvgIpc) is 3.56. The lowest BCUT2D eigenvalue weighted by molar-refractivity contribution is -0.143. The first kappa shape index (κ1) is 29.0. The summed E-state index contributed by atoms with van der Waals surface area (Å²) in [5.41, 5.74) is -3.17. The molecular formula is C28H17ClF6N4O3. The van der Waals surface area contributed by atoms with Gasteiger partial charge in [-0.1, -0.05) is 64.4 Å². The number of aromatic nitrogens is 4. The third-order valence-electron chi connectivity index (χ3n) is 6.24. The van der Waals surface area contributed by atoms with Gasteiger partial charge in [-0.15, -0.1) is 5.10 Å². The van der Waals surface area contributed by atoms with Crippen LogP contribution >= 0.6 is 11.6 Å². The molecule has 3 aromatic carbocycles. The first-order valence-electron chi connectivity index (χ1n) is 12.0. The number of aliphatic hydroxyl groups excluding tert-OH is 1. The molecule has 0 radical (unpaired) electrons. The Morgan fingerprint density at radius 3 is 2.12 bits per heavy atom. The molecule has 0 aliphatic carbocycles. The number of hydrogen-bond donors (Lipinski definition) is 1. The second-order valence-electron chi connectivity index (χ2n) is 9.02. The fourth-order valence-corrected chi connectivity index (χ4v) is 4.57. The van der Waals surface area contributed by atoms with Crippen molar-refractivity contribution in [2.75, 3.05) is 0 Å². The number of benzene rings is 3. The minimum absolute atomic E-state index is 0.0336. The van der Waals surface area contributed by atoms with E-state index in [0.717, 1.165) is 4.68 Å². The van der Waals surface area contributed by atoms with Crippen LogP contribution in [0.5, 0.6) is 0 Å². The van der Waals surface area contributed by atoms with Crippen LogP contribution in [0.15, 0.2) is 77.3 Å². The Bertz CT molecular complexity index is 1730. The van der Waals surface area contributed by atoms with Crippen molar-refractivity contribution in [3.63, 3.8) is 0 Å². The van der Waals surface area contributed by atoms with Gasteiger partial charge in [0.05, 0.1) is 34.9 Å². The van der Waals surface area contributed by atoms with Gasteiger partial charge in [0.1, 0.15) is 11.4 Å². The van der Waals surface area contributed by atoms with E-state index in [1.54, 1.807) is 42.5 Å². The molecular weight excluding hydrogens is 590 g/mol. The van der Waals surface area contributed by atoms with E-state index in [-0.39, 0.29) is 50.6 Å². The zero-order valence-corrected chi connectivity index (χ0v) is 21.8. The molecule has 7 nitrogen and oxygen atoms in total. The minimum atomic E-state index is -5.04. The highest BCUT2D eigenvalue weighted by Crippen LogP contribution is 2.38. The van der Waals surface area contributed by atoms with E-state index < -0.39 is 42.4 Å². The molecule has 0 amide bonds. The summed E-state index contributed by atoms with van der Waals surface area (Å²) in [5.74, 6) is -0.892. The SMILES string of the molecule is O=C(c1ccccc1Cl)c1c(CO)noc1-c1nnn(Cc2cc(C(F)(F)F)cc(C(F)(F)F)c2)c1-c1ccccc1. The molecule has 14 heteroatoms. The van der Waals surface area contributed by atoms with Crippen molar-refractivity contribution in [1.82, 2.24) is 20.2 Å². The lowest BCUT2D eigenvalue weighted by atomic mass is 9.98. The summed E-state index contributed by atoms with van der Waals surface area (Å²) in [6.45, 7) is -1.26. The highest BCUT2D eigenvalue weighted by molar-refractivity contribution is 6.35. The van der Waals surface area contributed by atoms with Gasteiger partial charge in [0, 0.05) is 11.1 Å². The predicted octanol–water partition coefficient (Wildman–Crippen LogP) is 7.06. The monoisotopic (exact) mass is 606 g/mol. The molecule has 0 aliphatic heterocycles. The second-order valence-corrected chi connectivity index (χ2v) is 9.43. The van der Waals surface area contributed by atoms with Crippen molar-refractivity contribution in [3.05, 3.63) is 111 Å². The summed E-state index contributed by atoms with van der Waals surface area (Å²) >= 11 is 6.21. The number of ketones is 1. The number of carbonyl (C=O) groups excluding carboxylic acids is 1. The lowest BCUT2D eigenvalue weighted by Crippen LogP contribution is -2.13. The van der Waals surface area contributed by atoms with Crippen LogP contribution in [-0.2, 0) is 25.5 Å². The van der Waals surface area contributed by atoms with Gasteiger partial charge in [-0.05, 0) is 35.9 Å². The molecule has 2 aromatic heterocycles. The standard InChI is InChI=1S/C28H17ClF6N4O3/c29-20-9-5-4-8-19(20)25(41)22-21(14-40)37-42-26(22)23-24(16-6-2-1-3-7-16)39(38-36-23)13-15-10-17(27(30,31)32)12-18(11-15)28(33,34)35/h1-12,40H,13-14H2. The molecule has 2 heterocycles. The van der Waals surface area contributed by atoms with E-state index in [4.69, 9.17) is 16.1 Å². The normalized spacial score (nSPS) is 12.1. The Balaban J connectivity index is 1.69. The summed E-state index contributed by atoms with van der Waals surface area (Å²) in [5, 5.41) is 21.8. The van der Waals surface area contributed by atoms with Crippen LogP contribution in [-0.4, -0.2) is 31.0 Å². The third-order valence-corrected chi connectivity index (χ3v) is 6.56. The number of halogens is 7. The molecule has 1 N–H and O–H groups in total. The first-order chi connectivity index (χ1) is 19.9. The number of alkyl halides is 6. The molecule has 42 heavy (non-hydrogen) atoms. The number of hydrogen-bond acceptors (Lipinski definition) is 6. The number of aliphatic hydroxyl groups is 1. The van der Waals surface area contributed by atoms with E-state index in [0.29, 0.717) is 17.7 Å². The molecule has 0 spiro atoms. The maximum absolute atomic E-state index is 13.5. The Hall–Kier alpha value is -4.49. The summed E-state index contributed by atoms with van der Waals surface area (Å²) in [6.07, 6.45) is -10.1. The molecule has 5 rings (SSSR count). The molecule has 5 aromatic rings. The fraction of sp³-hybridized carbons (Fsp3) is 0.143. The lowest BCUT2D eigenvalue weighted by Gasteiger charge is -2.15. The molecule has 0 saturated heterocycles. The van der Waals surface area contributed by atoms with Gasteiger partial charge in [0.2, 0.25) is 11.5 Å². The summed E-state index contributed by atoms with van der Waals surface area (Å²) < 4.78 is 87.4.